The lowest BCUT2D eigenvalue weighted by Crippen LogP contribution is -2.32. The summed E-state index contributed by atoms with van der Waals surface area (Å²) < 4.78 is 5.32. The fraction of sp³-hybridized carbons (Fsp3) is 0.421. The zero-order valence-electron chi connectivity index (χ0n) is 16.3. The fourth-order valence-electron chi connectivity index (χ4n) is 3.30. The molecule has 2 aromatic heterocycles. The van der Waals surface area contributed by atoms with E-state index in [1.807, 2.05) is 32.0 Å². The van der Waals surface area contributed by atoms with Gasteiger partial charge in [0.2, 0.25) is 16.9 Å². The molecule has 1 aliphatic heterocycles. The molecular weight excluding hydrogens is 392 g/mol. The summed E-state index contributed by atoms with van der Waals surface area (Å²) in [6, 6.07) is 5.84. The van der Waals surface area contributed by atoms with Gasteiger partial charge in [-0.25, -0.2) is 4.98 Å². The summed E-state index contributed by atoms with van der Waals surface area (Å²) in [5.41, 5.74) is 2.81. The largest absolute Gasteiger partial charge is 0.374 e. The highest BCUT2D eigenvalue weighted by Crippen LogP contribution is 2.28. The highest BCUT2D eigenvalue weighted by atomic mass is 32.1. The van der Waals surface area contributed by atoms with E-state index < -0.39 is 5.92 Å². The van der Waals surface area contributed by atoms with Crippen LogP contribution in [0.25, 0.3) is 11.0 Å². The summed E-state index contributed by atoms with van der Waals surface area (Å²) in [4.78, 5) is 34.1. The molecular formula is C19H22N6O3S. The van der Waals surface area contributed by atoms with Crippen LogP contribution in [0, 0.1) is 12.8 Å². The minimum absolute atomic E-state index is 0.112. The molecule has 1 fully saturated rings. The van der Waals surface area contributed by atoms with Gasteiger partial charge in [-0.05, 0) is 31.5 Å². The quantitative estimate of drug-likeness (QED) is 0.611. The van der Waals surface area contributed by atoms with E-state index in [-0.39, 0.29) is 18.2 Å². The highest BCUT2D eigenvalue weighted by molar-refractivity contribution is 7.15. The first-order chi connectivity index (χ1) is 14.0. The number of ether oxygens (including phenoxy) is 1. The third-order valence-electron chi connectivity index (χ3n) is 4.74. The molecule has 2 N–H and O–H groups in total. The van der Waals surface area contributed by atoms with Crippen molar-refractivity contribution in [1.82, 2.24) is 25.5 Å². The minimum atomic E-state index is -0.403. The highest BCUT2D eigenvalue weighted by Gasteiger charge is 2.36. The van der Waals surface area contributed by atoms with Gasteiger partial charge in [0.1, 0.15) is 17.4 Å². The van der Waals surface area contributed by atoms with Gasteiger partial charge in [-0.2, -0.15) is 0 Å². The van der Waals surface area contributed by atoms with Crippen molar-refractivity contribution >= 4 is 39.3 Å². The normalized spacial score (nSPS) is 16.7. The van der Waals surface area contributed by atoms with E-state index in [0.717, 1.165) is 22.4 Å². The molecule has 0 saturated carbocycles. The lowest BCUT2D eigenvalue weighted by Gasteiger charge is -2.12. The van der Waals surface area contributed by atoms with Crippen LogP contribution >= 0.6 is 11.3 Å². The number of aromatic nitrogens is 4. The number of nitrogens with zero attached hydrogens (tertiary/aromatic N) is 4. The first kappa shape index (κ1) is 19.5. The predicted molar refractivity (Wildman–Crippen MR) is 108 cm³/mol. The van der Waals surface area contributed by atoms with Crippen molar-refractivity contribution in [3.63, 3.8) is 0 Å². The Labute approximate surface area is 171 Å². The van der Waals surface area contributed by atoms with Crippen molar-refractivity contribution in [2.75, 3.05) is 18.1 Å². The summed E-state index contributed by atoms with van der Waals surface area (Å²) in [7, 11) is 0. The summed E-state index contributed by atoms with van der Waals surface area (Å²) in [5.74, 6) is 0.200. The third-order valence-corrected chi connectivity index (χ3v) is 5.66. The van der Waals surface area contributed by atoms with E-state index in [1.165, 1.54) is 16.2 Å². The lowest BCUT2D eigenvalue weighted by atomic mass is 10.1. The molecule has 1 aliphatic rings. The number of carbonyl (C=O) groups excluding carboxylic acids is 2. The molecule has 3 heterocycles. The van der Waals surface area contributed by atoms with Gasteiger partial charge < -0.3 is 15.0 Å². The number of H-pyrrole nitrogens is 1. The number of anilines is 1. The van der Waals surface area contributed by atoms with Gasteiger partial charge >= 0.3 is 0 Å². The summed E-state index contributed by atoms with van der Waals surface area (Å²) in [5, 5.41) is 12.3. The maximum Gasteiger partial charge on any atom is 0.229 e. The number of nitrogens with one attached hydrogen (secondary N) is 2. The Morgan fingerprint density at radius 1 is 1.41 bits per heavy atom. The number of rotatable bonds is 7. The fourth-order valence-corrected chi connectivity index (χ4v) is 4.10. The SMILES string of the molecule is CCOCc1nnc(N2CC(C(=O)NCc3ccc4nc(C)[nH]c4c3)CC2=O)s1. The molecule has 3 aromatic rings. The summed E-state index contributed by atoms with van der Waals surface area (Å²) in [6.45, 7) is 5.49. The Morgan fingerprint density at radius 3 is 3.10 bits per heavy atom. The molecule has 10 heteroatoms. The second-order valence-corrected chi connectivity index (χ2v) is 7.95. The topological polar surface area (TPSA) is 113 Å². The molecule has 0 aliphatic carbocycles. The van der Waals surface area contributed by atoms with Gasteiger partial charge in [0.25, 0.3) is 0 Å². The number of aromatic amines is 1. The van der Waals surface area contributed by atoms with Crippen LogP contribution in [-0.4, -0.2) is 45.1 Å². The van der Waals surface area contributed by atoms with E-state index >= 15 is 0 Å². The predicted octanol–water partition coefficient (Wildman–Crippen LogP) is 1.93. The maximum atomic E-state index is 12.6. The zero-order valence-corrected chi connectivity index (χ0v) is 17.1. The molecule has 152 valence electrons. The van der Waals surface area contributed by atoms with Crippen LogP contribution in [0.2, 0.25) is 0 Å². The first-order valence-electron chi connectivity index (χ1n) is 9.47. The Morgan fingerprint density at radius 2 is 2.28 bits per heavy atom. The van der Waals surface area contributed by atoms with E-state index in [4.69, 9.17) is 4.74 Å². The Hall–Kier alpha value is -2.85. The molecule has 1 saturated heterocycles. The van der Waals surface area contributed by atoms with E-state index in [9.17, 15) is 9.59 Å². The maximum absolute atomic E-state index is 12.6. The second-order valence-electron chi connectivity index (χ2n) is 6.91. The van der Waals surface area contributed by atoms with Crippen molar-refractivity contribution < 1.29 is 14.3 Å². The number of fused-ring (bicyclic) bond motifs is 1. The Bertz CT molecular complexity index is 1050. The van der Waals surface area contributed by atoms with E-state index in [1.54, 1.807) is 0 Å². The molecule has 2 amide bonds. The van der Waals surface area contributed by atoms with Crippen LogP contribution in [0.5, 0.6) is 0 Å². The van der Waals surface area contributed by atoms with Crippen LogP contribution in [0.4, 0.5) is 5.13 Å². The van der Waals surface area contributed by atoms with Gasteiger partial charge in [0.15, 0.2) is 0 Å². The van der Waals surface area contributed by atoms with Crippen molar-refractivity contribution in [3.8, 4) is 0 Å². The molecule has 4 rings (SSSR count). The molecule has 0 spiro atoms. The van der Waals surface area contributed by atoms with Crippen molar-refractivity contribution in [1.29, 1.82) is 0 Å². The van der Waals surface area contributed by atoms with Crippen LogP contribution in [0.3, 0.4) is 0 Å². The number of amides is 2. The van der Waals surface area contributed by atoms with Crippen LogP contribution in [0.15, 0.2) is 18.2 Å². The average Bonchev–Trinajstić information content (AvgIpc) is 3.41. The molecule has 9 nitrogen and oxygen atoms in total. The number of benzene rings is 1. The van der Waals surface area contributed by atoms with Gasteiger partial charge in [-0.1, -0.05) is 17.4 Å². The number of hydrogen-bond acceptors (Lipinski definition) is 7. The molecule has 1 aromatic carbocycles. The van der Waals surface area contributed by atoms with E-state index in [2.05, 4.69) is 25.5 Å². The number of hydrogen-bond donors (Lipinski definition) is 2. The van der Waals surface area contributed by atoms with E-state index in [0.29, 0.717) is 36.4 Å². The van der Waals surface area contributed by atoms with Crippen LogP contribution < -0.4 is 10.2 Å². The van der Waals surface area contributed by atoms with Gasteiger partial charge in [0, 0.05) is 26.1 Å². The molecule has 0 bridgehead atoms. The Kier molecular flexibility index (Phi) is 5.54. The summed E-state index contributed by atoms with van der Waals surface area (Å²) in [6.07, 6.45) is 0.172. The van der Waals surface area contributed by atoms with Crippen molar-refractivity contribution in [2.24, 2.45) is 5.92 Å². The monoisotopic (exact) mass is 414 g/mol. The Balaban J connectivity index is 1.35. The van der Waals surface area contributed by atoms with Crippen molar-refractivity contribution in [3.05, 3.63) is 34.6 Å². The molecule has 0 radical (unpaired) electrons. The van der Waals surface area contributed by atoms with Gasteiger partial charge in [-0.15, -0.1) is 10.2 Å². The lowest BCUT2D eigenvalue weighted by molar-refractivity contribution is -0.126. The third kappa shape index (κ3) is 4.28. The standard InChI is InChI=1S/C19H22N6O3S/c1-3-28-10-16-23-24-19(29-16)25-9-13(7-17(25)26)18(27)20-8-12-4-5-14-15(6-12)22-11(2)21-14/h4-6,13H,3,7-10H2,1-2H3,(H,20,27)(H,21,22). The van der Waals surface area contributed by atoms with Gasteiger partial charge in [-0.3, -0.25) is 14.5 Å². The number of imidazole rings is 1. The van der Waals surface area contributed by atoms with Crippen LogP contribution in [-0.2, 0) is 27.5 Å². The first-order valence-corrected chi connectivity index (χ1v) is 10.3. The molecule has 1 unspecified atom stereocenters. The summed E-state index contributed by atoms with van der Waals surface area (Å²) >= 11 is 1.32. The average molecular weight is 414 g/mol. The minimum Gasteiger partial charge on any atom is -0.374 e. The van der Waals surface area contributed by atoms with Crippen LogP contribution in [0.1, 0.15) is 29.7 Å². The van der Waals surface area contributed by atoms with Gasteiger partial charge in [0.05, 0.1) is 17.0 Å². The molecule has 1 atom stereocenters. The molecule has 29 heavy (non-hydrogen) atoms. The smallest absolute Gasteiger partial charge is 0.229 e. The zero-order chi connectivity index (χ0) is 20.4. The van der Waals surface area contributed by atoms with Crippen molar-refractivity contribution in [2.45, 2.75) is 33.4 Å². The number of carbonyl (C=O) groups is 2. The second kappa shape index (κ2) is 8.26. The number of aryl methyl sites for hydroxylation is 1.